The number of ether oxygens (including phenoxy) is 2. The maximum Gasteiger partial charge on any atom is 0.410 e. The number of rotatable bonds is 4. The van der Waals surface area contributed by atoms with Crippen molar-refractivity contribution in [1.29, 1.82) is 0 Å². The number of fused-ring (bicyclic) bond motifs is 3. The number of hydrogen-bond acceptors (Lipinski definition) is 6. The zero-order valence-corrected chi connectivity index (χ0v) is 21.5. The highest BCUT2D eigenvalue weighted by Crippen LogP contribution is 2.40. The average Bonchev–Trinajstić information content (AvgIpc) is 3.29. The Balaban J connectivity index is 1.24. The number of benzene rings is 1. The molecule has 0 radical (unpaired) electrons. The van der Waals surface area contributed by atoms with Gasteiger partial charge in [-0.25, -0.2) is 4.79 Å². The first-order chi connectivity index (χ1) is 17.3. The minimum Gasteiger partial charge on any atom is -0.469 e. The fraction of sp³-hybridized carbons (Fsp3) is 0.520. The third-order valence-electron chi connectivity index (χ3n) is 7.28. The lowest BCUT2D eigenvalue weighted by Gasteiger charge is -2.37. The van der Waals surface area contributed by atoms with E-state index < -0.39 is 6.09 Å². The first-order valence-electron chi connectivity index (χ1n) is 12.2. The van der Waals surface area contributed by atoms with Crippen LogP contribution in [0.5, 0.6) is 0 Å². The molecule has 2 fully saturated rings. The lowest BCUT2D eigenvalue weighted by atomic mass is 9.90. The zero-order chi connectivity index (χ0) is 25.4. The summed E-state index contributed by atoms with van der Waals surface area (Å²) >= 11 is 12.1. The number of halogens is 2. The molecule has 0 aliphatic carbocycles. The number of amides is 2. The second kappa shape index (κ2) is 10.3. The van der Waals surface area contributed by atoms with E-state index in [9.17, 15) is 14.4 Å². The summed E-state index contributed by atoms with van der Waals surface area (Å²) in [6.07, 6.45) is 3.26. The van der Waals surface area contributed by atoms with E-state index in [0.29, 0.717) is 60.2 Å². The van der Waals surface area contributed by atoms with Gasteiger partial charge in [-0.05, 0) is 61.9 Å². The Bertz CT molecular complexity index is 1150. The number of piperidine rings is 1. The highest BCUT2D eigenvalue weighted by Gasteiger charge is 2.46. The predicted molar refractivity (Wildman–Crippen MR) is 132 cm³/mol. The van der Waals surface area contributed by atoms with Crippen LogP contribution in [0.4, 0.5) is 4.79 Å². The number of nitrogens with zero attached hydrogens (tertiary/aromatic N) is 4. The van der Waals surface area contributed by atoms with Gasteiger partial charge < -0.3 is 19.3 Å². The van der Waals surface area contributed by atoms with Crippen molar-refractivity contribution >= 4 is 41.2 Å². The second-order valence-corrected chi connectivity index (χ2v) is 10.5. The number of hydrogen-bond donors (Lipinski definition) is 0. The Kier molecular flexibility index (Phi) is 7.12. The van der Waals surface area contributed by atoms with Gasteiger partial charge in [0.15, 0.2) is 5.69 Å². The third-order valence-corrected chi connectivity index (χ3v) is 7.71. The zero-order valence-electron chi connectivity index (χ0n) is 20.0. The van der Waals surface area contributed by atoms with Crippen molar-refractivity contribution in [2.75, 3.05) is 13.7 Å². The van der Waals surface area contributed by atoms with Crippen LogP contribution in [0.2, 0.25) is 10.0 Å². The molecule has 5 rings (SSSR count). The number of esters is 1. The number of methoxy groups -OCH3 is 1. The average molecular weight is 535 g/mol. The fourth-order valence-electron chi connectivity index (χ4n) is 5.65. The van der Waals surface area contributed by atoms with Gasteiger partial charge in [0.2, 0.25) is 0 Å². The minimum atomic E-state index is -0.448. The van der Waals surface area contributed by atoms with Crippen molar-refractivity contribution in [2.45, 2.75) is 63.9 Å². The minimum absolute atomic E-state index is 0.0216. The van der Waals surface area contributed by atoms with E-state index in [1.54, 1.807) is 33.8 Å². The van der Waals surface area contributed by atoms with Crippen LogP contribution in [0, 0.1) is 5.92 Å². The largest absolute Gasteiger partial charge is 0.469 e. The monoisotopic (exact) mass is 534 g/mol. The normalized spacial score (nSPS) is 23.1. The topological polar surface area (TPSA) is 94.0 Å². The van der Waals surface area contributed by atoms with Crippen molar-refractivity contribution < 1.29 is 23.9 Å². The molecule has 1 aromatic heterocycles. The van der Waals surface area contributed by atoms with Gasteiger partial charge in [-0.15, -0.1) is 0 Å². The molecule has 0 spiro atoms. The van der Waals surface area contributed by atoms with Gasteiger partial charge >= 0.3 is 12.1 Å². The first kappa shape index (κ1) is 24.9. The van der Waals surface area contributed by atoms with Gasteiger partial charge in [0.1, 0.15) is 6.61 Å². The molecule has 3 aliphatic heterocycles. The van der Waals surface area contributed by atoms with E-state index in [2.05, 4.69) is 5.10 Å². The molecule has 9 nitrogen and oxygen atoms in total. The molecule has 192 valence electrons. The highest BCUT2D eigenvalue weighted by atomic mass is 35.5. The number of aryl methyl sites for hydroxylation is 1. The van der Waals surface area contributed by atoms with Crippen LogP contribution in [0.1, 0.15) is 53.8 Å². The van der Waals surface area contributed by atoms with Crippen molar-refractivity contribution in [3.05, 3.63) is 51.3 Å². The van der Waals surface area contributed by atoms with Crippen LogP contribution in [-0.4, -0.2) is 63.3 Å². The maximum atomic E-state index is 13.4. The molecule has 3 aliphatic rings. The van der Waals surface area contributed by atoms with Crippen LogP contribution < -0.4 is 0 Å². The van der Waals surface area contributed by atoms with E-state index in [-0.39, 0.29) is 36.5 Å². The van der Waals surface area contributed by atoms with Crippen molar-refractivity contribution in [2.24, 2.45) is 5.92 Å². The van der Waals surface area contributed by atoms with E-state index in [0.717, 1.165) is 18.5 Å². The molecule has 11 heteroatoms. The van der Waals surface area contributed by atoms with E-state index in [1.165, 1.54) is 7.11 Å². The van der Waals surface area contributed by atoms with Gasteiger partial charge in [0.25, 0.3) is 5.91 Å². The van der Waals surface area contributed by atoms with Gasteiger partial charge in [-0.1, -0.05) is 23.2 Å². The smallest absolute Gasteiger partial charge is 0.410 e. The number of carbonyl (C=O) groups is 3. The molecule has 2 atom stereocenters. The van der Waals surface area contributed by atoms with Crippen LogP contribution in [-0.2, 0) is 34.0 Å². The highest BCUT2D eigenvalue weighted by molar-refractivity contribution is 6.34. The second-order valence-electron chi connectivity index (χ2n) is 9.64. The Morgan fingerprint density at radius 2 is 1.72 bits per heavy atom. The third kappa shape index (κ3) is 5.04. The molecule has 1 aromatic carbocycles. The Labute approximate surface area is 219 Å². The first-order valence-corrected chi connectivity index (χ1v) is 12.9. The van der Waals surface area contributed by atoms with Crippen molar-refractivity contribution in [1.82, 2.24) is 19.6 Å². The van der Waals surface area contributed by atoms with Crippen LogP contribution in [0.25, 0.3) is 0 Å². The summed E-state index contributed by atoms with van der Waals surface area (Å²) < 4.78 is 12.2. The van der Waals surface area contributed by atoms with Gasteiger partial charge in [-0.3, -0.25) is 14.3 Å². The Hall–Kier alpha value is -2.78. The molecule has 2 amide bonds. The molecule has 36 heavy (non-hydrogen) atoms. The van der Waals surface area contributed by atoms with Gasteiger partial charge in [0, 0.05) is 35.2 Å². The number of carbonyl (C=O) groups excluding carboxylic acids is 3. The maximum absolute atomic E-state index is 13.4. The van der Waals surface area contributed by atoms with Crippen molar-refractivity contribution in [3.63, 3.8) is 0 Å². The van der Waals surface area contributed by atoms with E-state index in [4.69, 9.17) is 32.7 Å². The van der Waals surface area contributed by atoms with Crippen LogP contribution >= 0.6 is 23.2 Å². The summed E-state index contributed by atoms with van der Waals surface area (Å²) in [5.41, 5.74) is 1.87. The summed E-state index contributed by atoms with van der Waals surface area (Å²) in [7, 11) is 1.41. The molecule has 2 unspecified atom stereocenters. The molecule has 2 bridgehead atoms. The summed E-state index contributed by atoms with van der Waals surface area (Å²) in [6.45, 7) is 1.48. The SMILES string of the molecule is COC(=O)C1CC2CCC(C1)N2C(=O)c1cc2n(n1)CCCN(C(=O)OCc1cc(Cl)cc(Cl)c1)C2. The van der Waals surface area contributed by atoms with Crippen LogP contribution in [0.3, 0.4) is 0 Å². The molecule has 2 saturated heterocycles. The molecule has 4 heterocycles. The van der Waals surface area contributed by atoms with Crippen molar-refractivity contribution in [3.8, 4) is 0 Å². The summed E-state index contributed by atoms with van der Waals surface area (Å²) in [5.74, 6) is -0.464. The van der Waals surface area contributed by atoms with Gasteiger partial charge in [-0.2, -0.15) is 5.10 Å². The molecular weight excluding hydrogens is 507 g/mol. The summed E-state index contributed by atoms with van der Waals surface area (Å²) in [6, 6.07) is 6.85. The lowest BCUT2D eigenvalue weighted by molar-refractivity contribution is -0.147. The fourth-order valence-corrected chi connectivity index (χ4v) is 6.22. The van der Waals surface area contributed by atoms with Gasteiger partial charge in [0.05, 0.1) is 25.3 Å². The molecule has 2 aromatic rings. The summed E-state index contributed by atoms with van der Waals surface area (Å²) in [5, 5.41) is 5.54. The number of aromatic nitrogens is 2. The summed E-state index contributed by atoms with van der Waals surface area (Å²) in [4.78, 5) is 41.8. The lowest BCUT2D eigenvalue weighted by Crippen LogP contribution is -2.48. The quantitative estimate of drug-likeness (QED) is 0.543. The van der Waals surface area contributed by atoms with E-state index in [1.807, 2.05) is 4.90 Å². The molecule has 0 N–H and O–H groups in total. The Morgan fingerprint density at radius 1 is 1.03 bits per heavy atom. The van der Waals surface area contributed by atoms with Crippen LogP contribution in [0.15, 0.2) is 24.3 Å². The molecular formula is C25H28Cl2N4O5. The standard InChI is InChI=1S/C25H28Cl2N4O5/c1-35-24(33)16-9-19-3-4-20(10-16)31(19)23(32)22-12-21-13-29(5-2-6-30(21)28-22)25(34)36-14-15-7-17(26)11-18(27)8-15/h7-8,11-12,16,19-20H,2-6,9-10,13-14H2,1H3. The predicted octanol–water partition coefficient (Wildman–Crippen LogP) is 4.29. The van der Waals surface area contributed by atoms with E-state index >= 15 is 0 Å². The molecule has 0 saturated carbocycles. The Morgan fingerprint density at radius 3 is 2.39 bits per heavy atom.